The lowest BCUT2D eigenvalue weighted by Crippen LogP contribution is -2.52. The molecule has 0 heterocycles. The Morgan fingerprint density at radius 2 is 1.77 bits per heavy atom. The summed E-state index contributed by atoms with van der Waals surface area (Å²) < 4.78 is 0. The summed E-state index contributed by atoms with van der Waals surface area (Å²) in [6.45, 7) is 10.9. The standard InChI is InChI=1S/C12H24O/c1-9-7-6-8-12(13,10(9)2)11(3,4)5/h9-10,13H,6-8H2,1-5H3. The molecule has 0 amide bonds. The van der Waals surface area contributed by atoms with E-state index in [4.69, 9.17) is 0 Å². The van der Waals surface area contributed by atoms with Crippen molar-refractivity contribution in [2.45, 2.75) is 59.5 Å². The van der Waals surface area contributed by atoms with Gasteiger partial charge in [0, 0.05) is 0 Å². The number of hydrogen-bond acceptors (Lipinski definition) is 1. The van der Waals surface area contributed by atoms with E-state index < -0.39 is 5.60 Å². The zero-order chi connectivity index (χ0) is 10.3. The smallest absolute Gasteiger partial charge is 0.0723 e. The van der Waals surface area contributed by atoms with Gasteiger partial charge < -0.3 is 5.11 Å². The van der Waals surface area contributed by atoms with E-state index in [0.717, 1.165) is 6.42 Å². The highest BCUT2D eigenvalue weighted by Crippen LogP contribution is 2.47. The highest BCUT2D eigenvalue weighted by Gasteiger charge is 2.47. The van der Waals surface area contributed by atoms with Crippen LogP contribution in [0.1, 0.15) is 53.9 Å². The van der Waals surface area contributed by atoms with E-state index in [9.17, 15) is 5.11 Å². The lowest BCUT2D eigenvalue weighted by molar-refractivity contribution is -0.137. The summed E-state index contributed by atoms with van der Waals surface area (Å²) in [7, 11) is 0. The molecule has 1 nitrogen and oxygen atoms in total. The van der Waals surface area contributed by atoms with Gasteiger partial charge in [0.25, 0.3) is 0 Å². The van der Waals surface area contributed by atoms with Crippen molar-refractivity contribution in [2.24, 2.45) is 17.3 Å². The van der Waals surface area contributed by atoms with E-state index in [2.05, 4.69) is 34.6 Å². The zero-order valence-electron chi connectivity index (χ0n) is 9.72. The molecule has 0 aromatic heterocycles. The van der Waals surface area contributed by atoms with Gasteiger partial charge in [0.1, 0.15) is 0 Å². The molecule has 1 aliphatic rings. The molecule has 1 fully saturated rings. The Hall–Kier alpha value is -0.0400. The fraction of sp³-hybridized carbons (Fsp3) is 1.00. The highest BCUT2D eigenvalue weighted by atomic mass is 16.3. The van der Waals surface area contributed by atoms with Crippen molar-refractivity contribution < 1.29 is 5.11 Å². The number of aliphatic hydroxyl groups is 1. The zero-order valence-corrected chi connectivity index (χ0v) is 9.72. The molecular formula is C12H24O. The third kappa shape index (κ3) is 1.76. The normalized spacial score (nSPS) is 42.0. The first-order valence-electron chi connectivity index (χ1n) is 5.51. The number of rotatable bonds is 0. The van der Waals surface area contributed by atoms with Crippen LogP contribution in [-0.2, 0) is 0 Å². The molecule has 0 aliphatic heterocycles. The predicted octanol–water partition coefficient (Wildman–Crippen LogP) is 3.22. The lowest BCUT2D eigenvalue weighted by atomic mass is 9.60. The van der Waals surface area contributed by atoms with Crippen LogP contribution in [0.3, 0.4) is 0 Å². The monoisotopic (exact) mass is 184 g/mol. The Bertz CT molecular complexity index is 180. The maximum absolute atomic E-state index is 10.6. The largest absolute Gasteiger partial charge is 0.389 e. The van der Waals surface area contributed by atoms with Gasteiger partial charge in [-0.25, -0.2) is 0 Å². The van der Waals surface area contributed by atoms with Gasteiger partial charge in [-0.15, -0.1) is 0 Å². The topological polar surface area (TPSA) is 20.2 Å². The summed E-state index contributed by atoms with van der Waals surface area (Å²) in [5.41, 5.74) is -0.439. The molecule has 1 rings (SSSR count). The summed E-state index contributed by atoms with van der Waals surface area (Å²) in [6.07, 6.45) is 3.43. The lowest BCUT2D eigenvalue weighted by Gasteiger charge is -2.50. The fourth-order valence-corrected chi connectivity index (χ4v) is 2.70. The van der Waals surface area contributed by atoms with Crippen molar-refractivity contribution in [2.75, 3.05) is 0 Å². The molecule has 3 atom stereocenters. The molecule has 1 aliphatic carbocycles. The van der Waals surface area contributed by atoms with Gasteiger partial charge in [-0.2, -0.15) is 0 Å². The van der Waals surface area contributed by atoms with E-state index in [0.29, 0.717) is 11.8 Å². The molecule has 1 N–H and O–H groups in total. The molecule has 1 heteroatoms. The number of hydrogen-bond donors (Lipinski definition) is 1. The van der Waals surface area contributed by atoms with Crippen LogP contribution in [0.5, 0.6) is 0 Å². The average molecular weight is 184 g/mol. The molecule has 0 spiro atoms. The van der Waals surface area contributed by atoms with Crippen LogP contribution in [0.15, 0.2) is 0 Å². The van der Waals surface area contributed by atoms with Gasteiger partial charge in [0.15, 0.2) is 0 Å². The second-order valence-electron chi connectivity index (χ2n) is 5.83. The molecule has 0 saturated heterocycles. The Morgan fingerprint density at radius 1 is 1.23 bits per heavy atom. The van der Waals surface area contributed by atoms with Gasteiger partial charge in [-0.05, 0) is 23.7 Å². The summed E-state index contributed by atoms with van der Waals surface area (Å²) >= 11 is 0. The first-order chi connectivity index (χ1) is 5.79. The van der Waals surface area contributed by atoms with E-state index in [1.165, 1.54) is 12.8 Å². The van der Waals surface area contributed by atoms with Gasteiger partial charge in [-0.1, -0.05) is 47.5 Å². The predicted molar refractivity (Wildman–Crippen MR) is 56.6 cm³/mol. The third-order valence-electron chi connectivity index (χ3n) is 4.12. The fourth-order valence-electron chi connectivity index (χ4n) is 2.70. The van der Waals surface area contributed by atoms with Crippen molar-refractivity contribution in [1.29, 1.82) is 0 Å². The molecule has 78 valence electrons. The Morgan fingerprint density at radius 3 is 2.15 bits per heavy atom. The molecule has 3 unspecified atom stereocenters. The van der Waals surface area contributed by atoms with Crippen LogP contribution in [0.25, 0.3) is 0 Å². The van der Waals surface area contributed by atoms with Gasteiger partial charge in [-0.3, -0.25) is 0 Å². The summed E-state index contributed by atoms with van der Waals surface area (Å²) in [6, 6.07) is 0. The second-order valence-corrected chi connectivity index (χ2v) is 5.83. The Balaban J connectivity index is 2.88. The van der Waals surface area contributed by atoms with Crippen molar-refractivity contribution in [3.8, 4) is 0 Å². The minimum absolute atomic E-state index is 0.0150. The molecular weight excluding hydrogens is 160 g/mol. The maximum Gasteiger partial charge on any atom is 0.0723 e. The average Bonchev–Trinajstić information content (AvgIpc) is 1.98. The van der Waals surface area contributed by atoms with Crippen molar-refractivity contribution in [3.63, 3.8) is 0 Å². The van der Waals surface area contributed by atoms with E-state index in [1.807, 2.05) is 0 Å². The van der Waals surface area contributed by atoms with Crippen LogP contribution in [0.4, 0.5) is 0 Å². The van der Waals surface area contributed by atoms with Crippen LogP contribution in [-0.4, -0.2) is 10.7 Å². The van der Waals surface area contributed by atoms with Crippen molar-refractivity contribution in [1.82, 2.24) is 0 Å². The van der Waals surface area contributed by atoms with Gasteiger partial charge in [0.2, 0.25) is 0 Å². The van der Waals surface area contributed by atoms with Crippen molar-refractivity contribution >= 4 is 0 Å². The summed E-state index contributed by atoms with van der Waals surface area (Å²) in [4.78, 5) is 0. The van der Waals surface area contributed by atoms with Crippen LogP contribution < -0.4 is 0 Å². The second kappa shape index (κ2) is 3.27. The van der Waals surface area contributed by atoms with Gasteiger partial charge in [0.05, 0.1) is 5.60 Å². The van der Waals surface area contributed by atoms with Crippen LogP contribution in [0.2, 0.25) is 0 Å². The summed E-state index contributed by atoms with van der Waals surface area (Å²) in [5.74, 6) is 1.10. The van der Waals surface area contributed by atoms with Crippen molar-refractivity contribution in [3.05, 3.63) is 0 Å². The molecule has 1 saturated carbocycles. The van der Waals surface area contributed by atoms with E-state index >= 15 is 0 Å². The van der Waals surface area contributed by atoms with Crippen LogP contribution >= 0.6 is 0 Å². The summed E-state index contributed by atoms with van der Waals surface area (Å²) in [5, 5.41) is 10.6. The first-order valence-corrected chi connectivity index (χ1v) is 5.51. The minimum Gasteiger partial charge on any atom is -0.389 e. The minimum atomic E-state index is -0.454. The van der Waals surface area contributed by atoms with E-state index in [1.54, 1.807) is 0 Å². The van der Waals surface area contributed by atoms with Crippen LogP contribution in [0, 0.1) is 17.3 Å². The molecule has 0 radical (unpaired) electrons. The molecule has 0 aromatic rings. The maximum atomic E-state index is 10.6. The SMILES string of the molecule is CC1CCCC(O)(C(C)(C)C)C1C. The Labute approximate surface area is 82.5 Å². The third-order valence-corrected chi connectivity index (χ3v) is 4.12. The highest BCUT2D eigenvalue weighted by molar-refractivity contribution is 4.98. The first kappa shape index (κ1) is 11.0. The molecule has 0 aromatic carbocycles. The Kier molecular flexibility index (Phi) is 2.78. The molecule has 0 bridgehead atoms. The van der Waals surface area contributed by atoms with Gasteiger partial charge >= 0.3 is 0 Å². The molecule has 13 heavy (non-hydrogen) atoms. The quantitative estimate of drug-likeness (QED) is 0.613. The van der Waals surface area contributed by atoms with E-state index in [-0.39, 0.29) is 5.41 Å².